The average Bonchev–Trinajstić information content (AvgIpc) is 2.48. The molecule has 2 atom stereocenters. The second-order valence-electron chi connectivity index (χ2n) is 6.49. The van der Waals surface area contributed by atoms with Gasteiger partial charge in [0.1, 0.15) is 0 Å². The van der Waals surface area contributed by atoms with Gasteiger partial charge >= 0.3 is 0 Å². The summed E-state index contributed by atoms with van der Waals surface area (Å²) in [5.41, 5.74) is 0. The average molecular weight is 267 g/mol. The molecule has 0 aliphatic carbocycles. The molecule has 0 saturated carbocycles. The minimum absolute atomic E-state index is 0.774. The maximum absolute atomic E-state index is 3.53. The number of nitrogens with zero attached hydrogens (tertiary/aromatic N) is 2. The Kier molecular flexibility index (Phi) is 6.62. The molecule has 112 valence electrons. The van der Waals surface area contributed by atoms with Crippen LogP contribution in [-0.4, -0.2) is 61.7 Å². The Morgan fingerprint density at radius 1 is 1.21 bits per heavy atom. The molecular weight excluding hydrogens is 234 g/mol. The van der Waals surface area contributed by atoms with Crippen molar-refractivity contribution >= 4 is 0 Å². The molecule has 0 aromatic rings. The van der Waals surface area contributed by atoms with Gasteiger partial charge in [-0.25, -0.2) is 0 Å². The van der Waals surface area contributed by atoms with Gasteiger partial charge in [-0.05, 0) is 64.6 Å². The number of hydrogen-bond acceptors (Lipinski definition) is 3. The lowest BCUT2D eigenvalue weighted by Crippen LogP contribution is -2.49. The SMILES string of the molecule is CCC(C)N1CCN(CCCC2CCCNC2)CC1. The van der Waals surface area contributed by atoms with Gasteiger partial charge in [0, 0.05) is 32.2 Å². The van der Waals surface area contributed by atoms with Crippen LogP contribution in [0, 0.1) is 5.92 Å². The van der Waals surface area contributed by atoms with Crippen LogP contribution in [0.4, 0.5) is 0 Å². The molecule has 0 aromatic carbocycles. The molecule has 0 aromatic heterocycles. The van der Waals surface area contributed by atoms with Crippen LogP contribution in [0.1, 0.15) is 46.0 Å². The maximum atomic E-state index is 3.53. The summed E-state index contributed by atoms with van der Waals surface area (Å²) in [4.78, 5) is 5.33. The summed E-state index contributed by atoms with van der Waals surface area (Å²) < 4.78 is 0. The number of rotatable bonds is 6. The third kappa shape index (κ3) is 5.05. The van der Waals surface area contributed by atoms with Gasteiger partial charge in [-0.2, -0.15) is 0 Å². The number of nitrogens with one attached hydrogen (secondary N) is 1. The zero-order valence-electron chi connectivity index (χ0n) is 13.0. The van der Waals surface area contributed by atoms with E-state index >= 15 is 0 Å². The smallest absolute Gasteiger partial charge is 0.0113 e. The van der Waals surface area contributed by atoms with Crippen LogP contribution in [0.15, 0.2) is 0 Å². The molecule has 0 spiro atoms. The minimum Gasteiger partial charge on any atom is -0.316 e. The zero-order chi connectivity index (χ0) is 13.5. The van der Waals surface area contributed by atoms with E-state index in [1.165, 1.54) is 77.9 Å². The van der Waals surface area contributed by atoms with Crippen LogP contribution in [0.2, 0.25) is 0 Å². The van der Waals surface area contributed by atoms with Crippen molar-refractivity contribution in [2.75, 3.05) is 45.8 Å². The Labute approximate surface area is 119 Å². The van der Waals surface area contributed by atoms with Crippen molar-refractivity contribution in [1.82, 2.24) is 15.1 Å². The summed E-state index contributed by atoms with van der Waals surface area (Å²) in [5, 5.41) is 3.53. The van der Waals surface area contributed by atoms with Crippen LogP contribution in [0.5, 0.6) is 0 Å². The summed E-state index contributed by atoms with van der Waals surface area (Å²) >= 11 is 0. The van der Waals surface area contributed by atoms with Crippen molar-refractivity contribution in [1.29, 1.82) is 0 Å². The zero-order valence-corrected chi connectivity index (χ0v) is 13.0. The molecule has 2 aliphatic rings. The van der Waals surface area contributed by atoms with Crippen LogP contribution in [-0.2, 0) is 0 Å². The third-order valence-electron chi connectivity index (χ3n) is 5.11. The van der Waals surface area contributed by atoms with E-state index in [2.05, 4.69) is 29.0 Å². The van der Waals surface area contributed by atoms with Crippen LogP contribution in [0.25, 0.3) is 0 Å². The molecule has 0 radical (unpaired) electrons. The van der Waals surface area contributed by atoms with Crippen LogP contribution >= 0.6 is 0 Å². The molecular formula is C16H33N3. The lowest BCUT2D eigenvalue weighted by molar-refractivity contribution is 0.0983. The normalized spacial score (nSPS) is 28.4. The number of piperazine rings is 1. The standard InChI is InChI=1S/C16H33N3/c1-3-15(2)19-12-10-18(11-13-19)9-5-7-16-6-4-8-17-14-16/h15-17H,3-14H2,1-2H3. The maximum Gasteiger partial charge on any atom is 0.0113 e. The van der Waals surface area contributed by atoms with E-state index < -0.39 is 0 Å². The molecule has 2 heterocycles. The first-order chi connectivity index (χ1) is 9.29. The van der Waals surface area contributed by atoms with E-state index in [4.69, 9.17) is 0 Å². The first kappa shape index (κ1) is 15.3. The van der Waals surface area contributed by atoms with Gasteiger partial charge in [-0.3, -0.25) is 4.90 Å². The van der Waals surface area contributed by atoms with Gasteiger partial charge < -0.3 is 10.2 Å². The monoisotopic (exact) mass is 267 g/mol. The molecule has 2 saturated heterocycles. The summed E-state index contributed by atoms with van der Waals surface area (Å²) in [6.07, 6.45) is 6.95. The summed E-state index contributed by atoms with van der Waals surface area (Å²) in [7, 11) is 0. The Morgan fingerprint density at radius 2 is 2.00 bits per heavy atom. The summed E-state index contributed by atoms with van der Waals surface area (Å²) in [6, 6.07) is 0.774. The van der Waals surface area contributed by atoms with Gasteiger partial charge in [0.05, 0.1) is 0 Å². The molecule has 2 fully saturated rings. The van der Waals surface area contributed by atoms with Crippen molar-refractivity contribution in [2.24, 2.45) is 5.92 Å². The molecule has 19 heavy (non-hydrogen) atoms. The van der Waals surface area contributed by atoms with E-state index in [9.17, 15) is 0 Å². The van der Waals surface area contributed by atoms with Gasteiger partial charge in [0.25, 0.3) is 0 Å². The Morgan fingerprint density at radius 3 is 2.63 bits per heavy atom. The molecule has 0 bridgehead atoms. The molecule has 3 heteroatoms. The van der Waals surface area contributed by atoms with Gasteiger partial charge in [0.2, 0.25) is 0 Å². The largest absolute Gasteiger partial charge is 0.316 e. The van der Waals surface area contributed by atoms with Gasteiger partial charge in [-0.15, -0.1) is 0 Å². The molecule has 3 nitrogen and oxygen atoms in total. The van der Waals surface area contributed by atoms with E-state index in [0.29, 0.717) is 0 Å². The summed E-state index contributed by atoms with van der Waals surface area (Å²) in [6.45, 7) is 13.6. The van der Waals surface area contributed by atoms with Gasteiger partial charge in [-0.1, -0.05) is 6.92 Å². The molecule has 2 unspecified atom stereocenters. The Balaban J connectivity index is 1.55. The van der Waals surface area contributed by atoms with Crippen molar-refractivity contribution in [2.45, 2.75) is 52.0 Å². The molecule has 2 rings (SSSR count). The highest BCUT2D eigenvalue weighted by molar-refractivity contribution is 4.76. The lowest BCUT2D eigenvalue weighted by atomic mass is 9.94. The highest BCUT2D eigenvalue weighted by Gasteiger charge is 2.20. The lowest BCUT2D eigenvalue weighted by Gasteiger charge is -2.38. The highest BCUT2D eigenvalue weighted by atomic mass is 15.3. The molecule has 1 N–H and O–H groups in total. The quantitative estimate of drug-likeness (QED) is 0.796. The van der Waals surface area contributed by atoms with Gasteiger partial charge in [0.15, 0.2) is 0 Å². The fourth-order valence-corrected chi connectivity index (χ4v) is 3.46. The first-order valence-electron chi connectivity index (χ1n) is 8.46. The second kappa shape index (κ2) is 8.23. The molecule has 2 aliphatic heterocycles. The Hall–Kier alpha value is -0.120. The first-order valence-corrected chi connectivity index (χ1v) is 8.46. The summed E-state index contributed by atoms with van der Waals surface area (Å²) in [5.74, 6) is 0.954. The topological polar surface area (TPSA) is 18.5 Å². The van der Waals surface area contributed by atoms with Crippen molar-refractivity contribution in [3.63, 3.8) is 0 Å². The van der Waals surface area contributed by atoms with Crippen molar-refractivity contribution < 1.29 is 0 Å². The van der Waals surface area contributed by atoms with E-state index in [1.54, 1.807) is 0 Å². The number of hydrogen-bond donors (Lipinski definition) is 1. The molecule has 0 amide bonds. The van der Waals surface area contributed by atoms with Crippen molar-refractivity contribution in [3.05, 3.63) is 0 Å². The number of piperidine rings is 1. The second-order valence-corrected chi connectivity index (χ2v) is 6.49. The third-order valence-corrected chi connectivity index (χ3v) is 5.11. The van der Waals surface area contributed by atoms with Crippen molar-refractivity contribution in [3.8, 4) is 0 Å². The highest BCUT2D eigenvalue weighted by Crippen LogP contribution is 2.16. The fraction of sp³-hybridized carbons (Fsp3) is 1.00. The van der Waals surface area contributed by atoms with E-state index in [0.717, 1.165) is 12.0 Å². The predicted molar refractivity (Wildman–Crippen MR) is 82.6 cm³/mol. The minimum atomic E-state index is 0.774. The van der Waals surface area contributed by atoms with Crippen LogP contribution in [0.3, 0.4) is 0 Å². The fourth-order valence-electron chi connectivity index (χ4n) is 3.46. The van der Waals surface area contributed by atoms with E-state index in [-0.39, 0.29) is 0 Å². The predicted octanol–water partition coefficient (Wildman–Crippen LogP) is 2.18. The Bertz CT molecular complexity index is 230. The van der Waals surface area contributed by atoms with E-state index in [1.807, 2.05) is 0 Å². The van der Waals surface area contributed by atoms with Crippen LogP contribution < -0.4 is 5.32 Å².